The van der Waals surface area contributed by atoms with Gasteiger partial charge >= 0.3 is 6.09 Å². The van der Waals surface area contributed by atoms with Crippen LogP contribution in [0.15, 0.2) is 47.2 Å². The number of hydrogen-bond acceptors (Lipinski definition) is 4. The number of ether oxygens (including phenoxy) is 1. The highest BCUT2D eigenvalue weighted by Gasteiger charge is 2.22. The first kappa shape index (κ1) is 20.1. The molecule has 0 N–H and O–H groups in total. The van der Waals surface area contributed by atoms with Crippen LogP contribution in [0.25, 0.3) is 22.2 Å². The minimum Gasteiger partial charge on any atom is -0.443 e. The molecule has 0 radical (unpaired) electrons. The Kier molecular flexibility index (Phi) is 5.30. The van der Waals surface area contributed by atoms with Crippen LogP contribution in [0.3, 0.4) is 0 Å². The van der Waals surface area contributed by atoms with Crippen LogP contribution in [0, 0.1) is 0 Å². The van der Waals surface area contributed by atoms with E-state index in [9.17, 15) is 9.59 Å². The quantitative estimate of drug-likeness (QED) is 0.561. The van der Waals surface area contributed by atoms with E-state index in [1.165, 1.54) is 9.47 Å². The van der Waals surface area contributed by atoms with Crippen LogP contribution in [0.2, 0.25) is 0 Å². The second kappa shape index (κ2) is 7.39. The Morgan fingerprint density at radius 3 is 2.36 bits per heavy atom. The lowest BCUT2D eigenvalue weighted by Gasteiger charge is -2.19. The molecule has 0 unspecified atom stereocenters. The SMILES string of the molecule is CN(C)C(=O)c1ccc(-c2cn(C(=O)OC(C)(C)C)c3ncc(Br)cc23)cc1. The number of hydrogen-bond donors (Lipinski definition) is 0. The largest absolute Gasteiger partial charge is 0.443 e. The summed E-state index contributed by atoms with van der Waals surface area (Å²) in [5.74, 6) is -0.0628. The Hall–Kier alpha value is -2.67. The number of aromatic nitrogens is 2. The predicted octanol–water partition coefficient (Wildman–Crippen LogP) is 4.95. The molecule has 0 aliphatic rings. The summed E-state index contributed by atoms with van der Waals surface area (Å²) in [5, 5.41) is 0.812. The Morgan fingerprint density at radius 2 is 1.79 bits per heavy atom. The zero-order valence-corrected chi connectivity index (χ0v) is 18.1. The van der Waals surface area contributed by atoms with Gasteiger partial charge in [-0.25, -0.2) is 14.3 Å². The molecule has 1 aromatic carbocycles. The first-order chi connectivity index (χ1) is 13.1. The predicted molar refractivity (Wildman–Crippen MR) is 113 cm³/mol. The number of benzene rings is 1. The van der Waals surface area contributed by atoms with Gasteiger partial charge in [0, 0.05) is 47.5 Å². The highest BCUT2D eigenvalue weighted by atomic mass is 79.9. The van der Waals surface area contributed by atoms with Gasteiger partial charge < -0.3 is 9.64 Å². The van der Waals surface area contributed by atoms with Crippen LogP contribution in [-0.2, 0) is 4.74 Å². The zero-order chi connectivity index (χ0) is 20.6. The Labute approximate surface area is 172 Å². The summed E-state index contributed by atoms with van der Waals surface area (Å²) < 4.78 is 7.74. The van der Waals surface area contributed by atoms with Crippen molar-refractivity contribution in [2.75, 3.05) is 14.1 Å². The number of fused-ring (bicyclic) bond motifs is 1. The first-order valence-electron chi connectivity index (χ1n) is 8.79. The average Bonchev–Trinajstić information content (AvgIpc) is 2.98. The van der Waals surface area contributed by atoms with E-state index in [0.717, 1.165) is 21.0 Å². The van der Waals surface area contributed by atoms with Crippen molar-refractivity contribution in [2.24, 2.45) is 0 Å². The summed E-state index contributed by atoms with van der Waals surface area (Å²) in [6.45, 7) is 5.46. The maximum atomic E-state index is 12.7. The molecule has 0 spiro atoms. The summed E-state index contributed by atoms with van der Waals surface area (Å²) in [6.07, 6.45) is 2.88. The molecule has 7 heteroatoms. The van der Waals surface area contributed by atoms with E-state index in [1.807, 2.05) is 39.0 Å². The second-order valence-corrected chi connectivity index (χ2v) is 8.61. The number of carbonyl (C=O) groups excluding carboxylic acids is 2. The maximum absolute atomic E-state index is 12.7. The fourth-order valence-corrected chi connectivity index (χ4v) is 3.14. The fraction of sp³-hybridized carbons (Fsp3) is 0.286. The van der Waals surface area contributed by atoms with Gasteiger partial charge in [-0.2, -0.15) is 0 Å². The molecule has 28 heavy (non-hydrogen) atoms. The van der Waals surface area contributed by atoms with Crippen LogP contribution in [-0.4, -0.2) is 46.1 Å². The van der Waals surface area contributed by atoms with Gasteiger partial charge in [0.25, 0.3) is 5.91 Å². The van der Waals surface area contributed by atoms with Gasteiger partial charge in [0.15, 0.2) is 0 Å². The lowest BCUT2D eigenvalue weighted by Crippen LogP contribution is -2.26. The summed E-state index contributed by atoms with van der Waals surface area (Å²) in [6, 6.07) is 9.20. The highest BCUT2D eigenvalue weighted by molar-refractivity contribution is 9.10. The molecule has 3 rings (SSSR count). The van der Waals surface area contributed by atoms with E-state index < -0.39 is 11.7 Å². The van der Waals surface area contributed by atoms with Gasteiger partial charge in [0.1, 0.15) is 11.2 Å². The van der Waals surface area contributed by atoms with E-state index in [0.29, 0.717) is 11.2 Å². The Bertz CT molecular complexity index is 1050. The Balaban J connectivity index is 2.10. The number of halogens is 1. The van der Waals surface area contributed by atoms with Crippen molar-refractivity contribution in [3.8, 4) is 11.1 Å². The molecule has 0 fully saturated rings. The van der Waals surface area contributed by atoms with Crippen molar-refractivity contribution < 1.29 is 14.3 Å². The van der Waals surface area contributed by atoms with E-state index >= 15 is 0 Å². The van der Waals surface area contributed by atoms with E-state index in [2.05, 4.69) is 20.9 Å². The van der Waals surface area contributed by atoms with Crippen molar-refractivity contribution in [3.63, 3.8) is 0 Å². The summed E-state index contributed by atoms with van der Waals surface area (Å²) in [7, 11) is 3.43. The molecule has 2 aromatic heterocycles. The van der Waals surface area contributed by atoms with Crippen LogP contribution >= 0.6 is 15.9 Å². The van der Waals surface area contributed by atoms with E-state index in [4.69, 9.17) is 4.74 Å². The number of pyridine rings is 1. The third kappa shape index (κ3) is 4.09. The summed E-state index contributed by atoms with van der Waals surface area (Å²) >= 11 is 3.44. The standard InChI is InChI=1S/C21H22BrN3O3/c1-21(2,3)28-20(27)25-12-17(16-10-15(22)11-23-18(16)25)13-6-8-14(9-7-13)19(26)24(4)5/h6-12H,1-5H3. The van der Waals surface area contributed by atoms with Gasteiger partial charge in [-0.15, -0.1) is 0 Å². The topological polar surface area (TPSA) is 64.4 Å². The molecule has 0 saturated carbocycles. The molecule has 1 amide bonds. The van der Waals surface area contributed by atoms with Crippen molar-refractivity contribution >= 4 is 39.0 Å². The highest BCUT2D eigenvalue weighted by Crippen LogP contribution is 2.32. The van der Waals surface area contributed by atoms with Gasteiger partial charge in [0.05, 0.1) is 0 Å². The molecule has 0 atom stereocenters. The van der Waals surface area contributed by atoms with Crippen LogP contribution < -0.4 is 0 Å². The smallest absolute Gasteiger partial charge is 0.420 e. The normalized spacial score (nSPS) is 11.5. The van der Waals surface area contributed by atoms with Crippen molar-refractivity contribution in [1.29, 1.82) is 0 Å². The lowest BCUT2D eigenvalue weighted by molar-refractivity contribution is 0.0543. The van der Waals surface area contributed by atoms with Gasteiger partial charge in [0.2, 0.25) is 0 Å². The summed E-state index contributed by atoms with van der Waals surface area (Å²) in [4.78, 5) is 30.7. The molecular weight excluding hydrogens is 422 g/mol. The molecule has 0 bridgehead atoms. The number of amides is 1. The van der Waals surface area contributed by atoms with Gasteiger partial charge in [-0.3, -0.25) is 4.79 Å². The van der Waals surface area contributed by atoms with Crippen LogP contribution in [0.5, 0.6) is 0 Å². The Morgan fingerprint density at radius 1 is 1.14 bits per heavy atom. The third-order valence-corrected chi connectivity index (χ3v) is 4.48. The third-order valence-electron chi connectivity index (χ3n) is 4.05. The molecule has 2 heterocycles. The minimum atomic E-state index is -0.614. The number of rotatable bonds is 2. The van der Waals surface area contributed by atoms with Gasteiger partial charge in [-0.1, -0.05) is 12.1 Å². The molecule has 6 nitrogen and oxygen atoms in total. The van der Waals surface area contributed by atoms with Crippen molar-refractivity contribution in [2.45, 2.75) is 26.4 Å². The van der Waals surface area contributed by atoms with Crippen molar-refractivity contribution in [3.05, 3.63) is 52.8 Å². The number of nitrogens with zero attached hydrogens (tertiary/aromatic N) is 3. The molecule has 0 aliphatic heterocycles. The van der Waals surface area contributed by atoms with Crippen molar-refractivity contribution in [1.82, 2.24) is 14.5 Å². The van der Waals surface area contributed by atoms with E-state index in [-0.39, 0.29) is 5.91 Å². The van der Waals surface area contributed by atoms with E-state index in [1.54, 1.807) is 38.6 Å². The molecular formula is C21H22BrN3O3. The molecule has 0 saturated heterocycles. The maximum Gasteiger partial charge on any atom is 0.420 e. The average molecular weight is 444 g/mol. The zero-order valence-electron chi connectivity index (χ0n) is 16.5. The molecule has 3 aromatic rings. The second-order valence-electron chi connectivity index (χ2n) is 7.69. The first-order valence-corrected chi connectivity index (χ1v) is 9.58. The lowest BCUT2D eigenvalue weighted by atomic mass is 10.0. The molecule has 146 valence electrons. The monoisotopic (exact) mass is 443 g/mol. The van der Waals surface area contributed by atoms with Gasteiger partial charge in [-0.05, 0) is 60.5 Å². The summed E-state index contributed by atoms with van der Waals surface area (Å²) in [5.41, 5.74) is 2.21. The fourth-order valence-electron chi connectivity index (χ4n) is 2.81. The van der Waals surface area contributed by atoms with Crippen LogP contribution in [0.4, 0.5) is 4.79 Å². The number of carbonyl (C=O) groups is 2. The molecule has 0 aliphatic carbocycles. The minimum absolute atomic E-state index is 0.0628. The van der Waals surface area contributed by atoms with Crippen LogP contribution in [0.1, 0.15) is 31.1 Å².